The van der Waals surface area contributed by atoms with Crippen molar-refractivity contribution in [3.63, 3.8) is 0 Å². The van der Waals surface area contributed by atoms with Gasteiger partial charge in [-0.15, -0.1) is 0 Å². The van der Waals surface area contributed by atoms with Gasteiger partial charge in [0.1, 0.15) is 10.7 Å². The molecule has 0 saturated heterocycles. The number of hydrogen-bond donors (Lipinski definition) is 4. The third kappa shape index (κ3) is 3.44. The normalized spacial score (nSPS) is 12.9. The number of aromatic amines is 1. The molecular weight excluding hydrogens is 258 g/mol. The molecule has 0 radical (unpaired) electrons. The molecule has 18 heavy (non-hydrogen) atoms. The van der Waals surface area contributed by atoms with Crippen LogP contribution >= 0.6 is 0 Å². The zero-order chi connectivity index (χ0) is 13.8. The minimum atomic E-state index is -3.57. The van der Waals surface area contributed by atoms with Crippen LogP contribution in [0.4, 0.5) is 0 Å². The van der Waals surface area contributed by atoms with Gasteiger partial charge >= 0.3 is 0 Å². The van der Waals surface area contributed by atoms with Crippen LogP contribution in [-0.4, -0.2) is 36.2 Å². The molecule has 0 atom stereocenters. The zero-order valence-corrected chi connectivity index (χ0v) is 11.1. The number of oxime groups is 1. The number of nitrogens with two attached hydrogens (primary N) is 1. The maximum Gasteiger partial charge on any atom is 0.244 e. The van der Waals surface area contributed by atoms with Crippen LogP contribution in [0.3, 0.4) is 0 Å². The summed E-state index contributed by atoms with van der Waals surface area (Å²) >= 11 is 0. The van der Waals surface area contributed by atoms with Crippen LogP contribution in [0.1, 0.15) is 24.2 Å². The highest BCUT2D eigenvalue weighted by atomic mass is 32.2. The van der Waals surface area contributed by atoms with Crippen LogP contribution in [0.25, 0.3) is 0 Å². The predicted molar refractivity (Wildman–Crippen MR) is 65.9 cm³/mol. The van der Waals surface area contributed by atoms with Crippen molar-refractivity contribution in [1.82, 2.24) is 14.9 Å². The minimum Gasteiger partial charge on any atom is -0.409 e. The molecule has 0 bridgehead atoms. The lowest BCUT2D eigenvalue weighted by atomic mass is 10.3. The molecule has 0 aromatic carbocycles. The van der Waals surface area contributed by atoms with Crippen LogP contribution in [0.5, 0.6) is 0 Å². The first-order chi connectivity index (χ1) is 8.38. The van der Waals surface area contributed by atoms with Crippen LogP contribution in [0.15, 0.2) is 10.1 Å². The van der Waals surface area contributed by atoms with Crippen LogP contribution in [0, 0.1) is 13.8 Å². The number of sulfonamides is 1. The Balaban J connectivity index is 2.62. The lowest BCUT2D eigenvalue weighted by Crippen LogP contribution is -2.26. The van der Waals surface area contributed by atoms with Crippen molar-refractivity contribution in [1.29, 1.82) is 0 Å². The highest BCUT2D eigenvalue weighted by Gasteiger charge is 2.21. The number of nitrogens with zero attached hydrogens (tertiary/aromatic N) is 2. The topological polar surface area (TPSA) is 133 Å². The van der Waals surface area contributed by atoms with Crippen molar-refractivity contribution in [2.75, 3.05) is 6.54 Å². The van der Waals surface area contributed by atoms with Crippen LogP contribution in [0.2, 0.25) is 0 Å². The Labute approximate surface area is 105 Å². The van der Waals surface area contributed by atoms with E-state index in [0.717, 1.165) is 0 Å². The molecule has 1 heterocycles. The second kappa shape index (κ2) is 5.83. The number of nitrogens with one attached hydrogen (secondary N) is 2. The van der Waals surface area contributed by atoms with Gasteiger partial charge in [-0.2, -0.15) is 5.10 Å². The van der Waals surface area contributed by atoms with Gasteiger partial charge in [0.2, 0.25) is 10.0 Å². The molecule has 0 saturated carbocycles. The number of rotatable bonds is 6. The van der Waals surface area contributed by atoms with Gasteiger partial charge in [-0.25, -0.2) is 13.1 Å². The van der Waals surface area contributed by atoms with Crippen molar-refractivity contribution in [2.24, 2.45) is 10.9 Å². The van der Waals surface area contributed by atoms with Gasteiger partial charge in [0.15, 0.2) is 0 Å². The summed E-state index contributed by atoms with van der Waals surface area (Å²) in [6.07, 6.45) is 0.771. The summed E-state index contributed by atoms with van der Waals surface area (Å²) < 4.78 is 26.4. The average Bonchev–Trinajstić information content (AvgIpc) is 2.64. The van der Waals surface area contributed by atoms with Crippen molar-refractivity contribution in [3.05, 3.63) is 11.4 Å². The molecule has 9 heteroatoms. The number of amidine groups is 1. The lowest BCUT2D eigenvalue weighted by molar-refractivity contribution is 0.316. The molecule has 0 aliphatic heterocycles. The smallest absolute Gasteiger partial charge is 0.244 e. The molecule has 1 rings (SSSR count). The fraction of sp³-hybridized carbons (Fsp3) is 0.556. The molecule has 8 nitrogen and oxygen atoms in total. The molecule has 0 aliphatic rings. The van der Waals surface area contributed by atoms with Gasteiger partial charge in [-0.05, 0) is 20.3 Å². The molecule has 0 unspecified atom stereocenters. The highest BCUT2D eigenvalue weighted by molar-refractivity contribution is 7.89. The summed E-state index contributed by atoms with van der Waals surface area (Å²) in [5.41, 5.74) is 6.20. The Morgan fingerprint density at radius 3 is 2.72 bits per heavy atom. The Morgan fingerprint density at radius 2 is 2.22 bits per heavy atom. The van der Waals surface area contributed by atoms with Gasteiger partial charge in [-0.3, -0.25) is 5.10 Å². The van der Waals surface area contributed by atoms with Crippen molar-refractivity contribution >= 4 is 15.9 Å². The second-order valence-electron chi connectivity index (χ2n) is 3.86. The first kappa shape index (κ1) is 14.5. The van der Waals surface area contributed by atoms with E-state index >= 15 is 0 Å². The first-order valence-corrected chi connectivity index (χ1v) is 6.84. The summed E-state index contributed by atoms with van der Waals surface area (Å²) in [5, 5.41) is 17.6. The van der Waals surface area contributed by atoms with Crippen LogP contribution < -0.4 is 10.5 Å². The zero-order valence-electron chi connectivity index (χ0n) is 10.3. The summed E-state index contributed by atoms with van der Waals surface area (Å²) in [6, 6.07) is 0. The summed E-state index contributed by atoms with van der Waals surface area (Å²) in [7, 11) is -3.57. The van der Waals surface area contributed by atoms with E-state index in [4.69, 9.17) is 10.9 Å². The van der Waals surface area contributed by atoms with Gasteiger partial charge in [0.25, 0.3) is 0 Å². The quantitative estimate of drug-likeness (QED) is 0.188. The lowest BCUT2D eigenvalue weighted by Gasteiger charge is -2.06. The van der Waals surface area contributed by atoms with Crippen molar-refractivity contribution in [3.8, 4) is 0 Å². The van der Waals surface area contributed by atoms with E-state index < -0.39 is 10.0 Å². The molecule has 0 fully saturated rings. The van der Waals surface area contributed by atoms with E-state index in [1.807, 2.05) is 0 Å². The molecule has 0 aliphatic carbocycles. The number of H-pyrrole nitrogens is 1. The summed E-state index contributed by atoms with van der Waals surface area (Å²) in [5.74, 6) is 0.0740. The average molecular weight is 275 g/mol. The Hall–Kier alpha value is -1.61. The Bertz CT molecular complexity index is 515. The molecule has 102 valence electrons. The third-order valence-electron chi connectivity index (χ3n) is 2.36. The monoisotopic (exact) mass is 275 g/mol. The molecule has 1 aromatic heterocycles. The Kier molecular flexibility index (Phi) is 4.68. The maximum atomic E-state index is 12.0. The molecule has 0 amide bonds. The van der Waals surface area contributed by atoms with E-state index in [-0.39, 0.29) is 17.3 Å². The van der Waals surface area contributed by atoms with E-state index in [0.29, 0.717) is 24.2 Å². The van der Waals surface area contributed by atoms with E-state index in [1.165, 1.54) is 0 Å². The first-order valence-electron chi connectivity index (χ1n) is 5.36. The summed E-state index contributed by atoms with van der Waals surface area (Å²) in [4.78, 5) is 0.172. The minimum absolute atomic E-state index is 0.0740. The van der Waals surface area contributed by atoms with E-state index in [1.54, 1.807) is 13.8 Å². The van der Waals surface area contributed by atoms with Crippen LogP contribution in [-0.2, 0) is 10.0 Å². The van der Waals surface area contributed by atoms with Gasteiger partial charge in [0.05, 0.1) is 11.4 Å². The van der Waals surface area contributed by atoms with Gasteiger partial charge in [0, 0.05) is 13.0 Å². The van der Waals surface area contributed by atoms with Gasteiger partial charge in [-0.1, -0.05) is 5.16 Å². The fourth-order valence-electron chi connectivity index (χ4n) is 1.53. The summed E-state index contributed by atoms with van der Waals surface area (Å²) in [6.45, 7) is 3.47. The van der Waals surface area contributed by atoms with E-state index in [2.05, 4.69) is 20.1 Å². The highest BCUT2D eigenvalue weighted by Crippen LogP contribution is 2.15. The number of hydrogen-bond acceptors (Lipinski definition) is 5. The second-order valence-corrected chi connectivity index (χ2v) is 5.56. The van der Waals surface area contributed by atoms with Crippen molar-refractivity contribution in [2.45, 2.75) is 31.6 Å². The molecule has 1 aromatic rings. The molecular formula is C9H17N5O3S. The fourth-order valence-corrected chi connectivity index (χ4v) is 2.98. The number of aryl methyl sites for hydroxylation is 2. The molecule has 5 N–H and O–H groups in total. The third-order valence-corrected chi connectivity index (χ3v) is 4.08. The SMILES string of the molecule is Cc1n[nH]c(C)c1S(=O)(=O)NCCCC(N)=NO. The molecule has 0 spiro atoms. The Morgan fingerprint density at radius 1 is 1.56 bits per heavy atom. The number of aromatic nitrogens is 2. The maximum absolute atomic E-state index is 12.0. The van der Waals surface area contributed by atoms with Gasteiger partial charge < -0.3 is 10.9 Å². The van der Waals surface area contributed by atoms with Crippen molar-refractivity contribution < 1.29 is 13.6 Å². The van der Waals surface area contributed by atoms with E-state index in [9.17, 15) is 8.42 Å². The largest absolute Gasteiger partial charge is 0.409 e. The standard InChI is InChI=1S/C9H17N5O3S/c1-6-9(7(2)13-12-6)18(16,17)11-5-3-4-8(10)14-15/h11,15H,3-5H2,1-2H3,(H2,10,14)(H,12,13). The predicted octanol–water partition coefficient (Wildman–Crippen LogP) is -0.169.